The lowest BCUT2D eigenvalue weighted by Gasteiger charge is -2.28. The van der Waals surface area contributed by atoms with Crippen molar-refractivity contribution in [2.45, 2.75) is 33.2 Å². The van der Waals surface area contributed by atoms with Crippen molar-refractivity contribution in [2.24, 2.45) is 0 Å². The lowest BCUT2D eigenvalue weighted by molar-refractivity contribution is -0.140. The molecule has 3 rings (SSSR count). The maximum absolute atomic E-state index is 13.2. The van der Waals surface area contributed by atoms with Gasteiger partial charge in [0.2, 0.25) is 0 Å². The van der Waals surface area contributed by atoms with Crippen LogP contribution in [0.2, 0.25) is 0 Å². The molecule has 7 heteroatoms. The number of ether oxygens (including phenoxy) is 1. The summed E-state index contributed by atoms with van der Waals surface area (Å²) in [6.07, 6.45) is 0.859. The largest absolute Gasteiger partial charge is 0.507 e. The number of carbonyl (C=O) groups excluding carboxylic acids is 2. The Morgan fingerprint density at radius 3 is 2.42 bits per heavy atom. The number of likely N-dealkylation sites (N-methyl/N-ethyl adjacent to an activating group) is 1. The second-order valence-corrected chi connectivity index (χ2v) is 8.86. The minimum absolute atomic E-state index is 0.106. The summed E-state index contributed by atoms with van der Waals surface area (Å²) in [6, 6.07) is 13.8. The number of Topliss-reactive ketones (excluding diaryl/α,β-unsaturated/α-hetero) is 1. The Kier molecular flexibility index (Phi) is 8.69. The zero-order chi connectivity index (χ0) is 24.0. The Morgan fingerprint density at radius 2 is 1.79 bits per heavy atom. The lowest BCUT2D eigenvalue weighted by atomic mass is 9.95. The zero-order valence-electron chi connectivity index (χ0n) is 19.4. The van der Waals surface area contributed by atoms with Crippen LogP contribution in [0.25, 0.3) is 5.76 Å². The van der Waals surface area contributed by atoms with Gasteiger partial charge >= 0.3 is 0 Å². The van der Waals surface area contributed by atoms with Gasteiger partial charge < -0.3 is 19.6 Å². The fraction of sp³-hybridized carbons (Fsp3) is 0.385. The number of nitrogens with zero attached hydrogens (tertiary/aromatic N) is 2. The van der Waals surface area contributed by atoms with Crippen LogP contribution in [-0.4, -0.2) is 59.4 Å². The van der Waals surface area contributed by atoms with Crippen molar-refractivity contribution < 1.29 is 19.4 Å². The first kappa shape index (κ1) is 25.0. The molecule has 1 aliphatic heterocycles. The number of likely N-dealkylation sites (tertiary alicyclic amines) is 1. The molecular formula is C26H31BrN2O4. The fourth-order valence-corrected chi connectivity index (χ4v) is 4.26. The fourth-order valence-electron chi connectivity index (χ4n) is 4.00. The van der Waals surface area contributed by atoms with Crippen LogP contribution in [0.3, 0.4) is 0 Å². The molecular weight excluding hydrogens is 484 g/mol. The Balaban J connectivity index is 2.06. The number of hydrogen-bond acceptors (Lipinski definition) is 5. The van der Waals surface area contributed by atoms with E-state index in [1.54, 1.807) is 29.2 Å². The van der Waals surface area contributed by atoms with Crippen LogP contribution in [0.15, 0.2) is 58.6 Å². The van der Waals surface area contributed by atoms with Gasteiger partial charge in [-0.15, -0.1) is 0 Å². The predicted molar refractivity (Wildman–Crippen MR) is 133 cm³/mol. The molecule has 1 saturated heterocycles. The van der Waals surface area contributed by atoms with E-state index in [9.17, 15) is 14.7 Å². The van der Waals surface area contributed by atoms with Crippen molar-refractivity contribution >= 4 is 33.4 Å². The smallest absolute Gasteiger partial charge is 0.295 e. The van der Waals surface area contributed by atoms with Crippen LogP contribution in [0.1, 0.15) is 44.4 Å². The topological polar surface area (TPSA) is 70.1 Å². The molecule has 1 fully saturated rings. The first-order valence-electron chi connectivity index (χ1n) is 11.4. The summed E-state index contributed by atoms with van der Waals surface area (Å²) in [7, 11) is 0. The molecule has 2 aromatic rings. The molecule has 176 valence electrons. The molecule has 0 saturated carbocycles. The van der Waals surface area contributed by atoms with Gasteiger partial charge in [0.1, 0.15) is 11.5 Å². The van der Waals surface area contributed by atoms with E-state index in [2.05, 4.69) is 34.7 Å². The highest BCUT2D eigenvalue weighted by Crippen LogP contribution is 2.39. The average Bonchev–Trinajstić information content (AvgIpc) is 3.08. The van der Waals surface area contributed by atoms with E-state index in [4.69, 9.17) is 4.74 Å². The van der Waals surface area contributed by atoms with Gasteiger partial charge in [-0.1, -0.05) is 61.0 Å². The average molecular weight is 515 g/mol. The second-order valence-electron chi connectivity index (χ2n) is 7.95. The molecule has 1 atom stereocenters. The molecule has 0 radical (unpaired) electrons. The normalized spacial score (nSPS) is 17.7. The van der Waals surface area contributed by atoms with E-state index < -0.39 is 17.7 Å². The van der Waals surface area contributed by atoms with E-state index in [1.165, 1.54) is 0 Å². The summed E-state index contributed by atoms with van der Waals surface area (Å²) < 4.78 is 6.58. The number of halogens is 1. The summed E-state index contributed by atoms with van der Waals surface area (Å²) in [5, 5.41) is 11.2. The van der Waals surface area contributed by atoms with Crippen LogP contribution in [-0.2, 0) is 9.59 Å². The molecule has 1 amide bonds. The Bertz CT molecular complexity index is 1020. The first-order chi connectivity index (χ1) is 15.9. The van der Waals surface area contributed by atoms with Gasteiger partial charge in [-0.25, -0.2) is 0 Å². The molecule has 0 spiro atoms. The van der Waals surface area contributed by atoms with E-state index >= 15 is 0 Å². The summed E-state index contributed by atoms with van der Waals surface area (Å²) >= 11 is 3.44. The van der Waals surface area contributed by atoms with Crippen LogP contribution >= 0.6 is 15.9 Å². The van der Waals surface area contributed by atoms with E-state index in [0.29, 0.717) is 31.0 Å². The number of carbonyl (C=O) groups is 2. The second kappa shape index (κ2) is 11.5. The van der Waals surface area contributed by atoms with Crippen molar-refractivity contribution in [2.75, 3.05) is 32.8 Å². The van der Waals surface area contributed by atoms with Crippen molar-refractivity contribution in [1.29, 1.82) is 0 Å². The van der Waals surface area contributed by atoms with Crippen molar-refractivity contribution in [1.82, 2.24) is 9.80 Å². The number of amides is 1. The number of rotatable bonds is 10. The predicted octanol–water partition coefficient (Wildman–Crippen LogP) is 5.00. The van der Waals surface area contributed by atoms with Crippen LogP contribution in [0.5, 0.6) is 5.75 Å². The maximum atomic E-state index is 13.2. The summed E-state index contributed by atoms with van der Waals surface area (Å²) in [4.78, 5) is 30.0. The van der Waals surface area contributed by atoms with Gasteiger partial charge in [0, 0.05) is 23.1 Å². The molecule has 1 heterocycles. The van der Waals surface area contributed by atoms with Gasteiger partial charge in [-0.05, 0) is 49.3 Å². The number of ketones is 1. The highest BCUT2D eigenvalue weighted by Gasteiger charge is 2.45. The third kappa shape index (κ3) is 5.65. The molecule has 33 heavy (non-hydrogen) atoms. The standard InChI is InChI=1S/C26H31BrN2O4/c1-4-16-33-21-9-7-8-19(17-21)24(30)22-23(18-10-12-20(27)13-11-18)29(26(32)25(22)31)15-14-28(5-2)6-3/h7-13,17,23,30H,4-6,14-16H2,1-3H3. The van der Waals surface area contributed by atoms with Gasteiger partial charge in [0.25, 0.3) is 11.7 Å². The molecule has 0 aliphatic carbocycles. The highest BCUT2D eigenvalue weighted by atomic mass is 79.9. The SMILES string of the molecule is CCCOc1cccc(C(O)=C2C(=O)C(=O)N(CCN(CC)CC)C2c2ccc(Br)cc2)c1. The van der Waals surface area contributed by atoms with Gasteiger partial charge in [0.05, 0.1) is 18.2 Å². The molecule has 1 unspecified atom stereocenters. The van der Waals surface area contributed by atoms with Crippen LogP contribution < -0.4 is 4.74 Å². The number of aliphatic hydroxyl groups excluding tert-OH is 1. The number of hydrogen-bond donors (Lipinski definition) is 1. The lowest BCUT2D eigenvalue weighted by Crippen LogP contribution is -2.38. The monoisotopic (exact) mass is 514 g/mol. The summed E-state index contributed by atoms with van der Waals surface area (Å²) in [5.41, 5.74) is 1.33. The summed E-state index contributed by atoms with van der Waals surface area (Å²) in [5.74, 6) is -0.833. The molecule has 1 N–H and O–H groups in total. The van der Waals surface area contributed by atoms with Crippen molar-refractivity contribution in [3.05, 3.63) is 69.7 Å². The Labute approximate surface area is 204 Å². The minimum Gasteiger partial charge on any atom is -0.507 e. The highest BCUT2D eigenvalue weighted by molar-refractivity contribution is 9.10. The maximum Gasteiger partial charge on any atom is 0.295 e. The molecule has 0 aromatic heterocycles. The number of aliphatic hydroxyl groups is 1. The van der Waals surface area contributed by atoms with Gasteiger partial charge in [-0.3, -0.25) is 9.59 Å². The van der Waals surface area contributed by atoms with Crippen LogP contribution in [0.4, 0.5) is 0 Å². The number of benzene rings is 2. The van der Waals surface area contributed by atoms with Crippen molar-refractivity contribution in [3.63, 3.8) is 0 Å². The van der Waals surface area contributed by atoms with E-state index in [0.717, 1.165) is 29.5 Å². The Morgan fingerprint density at radius 1 is 1.09 bits per heavy atom. The van der Waals surface area contributed by atoms with E-state index in [1.807, 2.05) is 31.2 Å². The van der Waals surface area contributed by atoms with Crippen molar-refractivity contribution in [3.8, 4) is 5.75 Å². The molecule has 2 aromatic carbocycles. The zero-order valence-corrected chi connectivity index (χ0v) is 21.0. The third-order valence-corrected chi connectivity index (χ3v) is 6.39. The first-order valence-corrected chi connectivity index (χ1v) is 12.2. The molecule has 1 aliphatic rings. The summed E-state index contributed by atoms with van der Waals surface area (Å²) in [6.45, 7) is 9.45. The molecule has 6 nitrogen and oxygen atoms in total. The molecule has 0 bridgehead atoms. The van der Waals surface area contributed by atoms with Gasteiger partial charge in [0.15, 0.2) is 0 Å². The van der Waals surface area contributed by atoms with Crippen LogP contribution in [0, 0.1) is 0 Å². The quantitative estimate of drug-likeness (QED) is 0.274. The third-order valence-electron chi connectivity index (χ3n) is 5.86. The minimum atomic E-state index is -0.667. The van der Waals surface area contributed by atoms with E-state index in [-0.39, 0.29) is 11.3 Å². The van der Waals surface area contributed by atoms with Gasteiger partial charge in [-0.2, -0.15) is 0 Å². The Hall–Kier alpha value is -2.64.